The van der Waals surface area contributed by atoms with E-state index in [0.717, 1.165) is 55.8 Å². The molecular formula is C23H26N2O2. The Morgan fingerprint density at radius 2 is 1.96 bits per heavy atom. The molecule has 0 saturated carbocycles. The lowest BCUT2D eigenvalue weighted by atomic mass is 9.84. The third-order valence-electron chi connectivity index (χ3n) is 5.89. The van der Waals surface area contributed by atoms with E-state index < -0.39 is 0 Å². The second kappa shape index (κ2) is 7.20. The van der Waals surface area contributed by atoms with E-state index in [1.807, 2.05) is 7.05 Å². The van der Waals surface area contributed by atoms with Crippen LogP contribution >= 0.6 is 0 Å². The van der Waals surface area contributed by atoms with Crippen molar-refractivity contribution in [3.05, 3.63) is 60.2 Å². The average Bonchev–Trinajstić information content (AvgIpc) is 3.15. The van der Waals surface area contributed by atoms with Gasteiger partial charge in [0.1, 0.15) is 12.0 Å². The van der Waals surface area contributed by atoms with Crippen LogP contribution in [0.5, 0.6) is 5.75 Å². The molecule has 4 nitrogen and oxygen atoms in total. The van der Waals surface area contributed by atoms with Crippen LogP contribution in [-0.2, 0) is 11.2 Å². The van der Waals surface area contributed by atoms with Crippen molar-refractivity contribution in [2.24, 2.45) is 0 Å². The van der Waals surface area contributed by atoms with Gasteiger partial charge in [-0.2, -0.15) is 0 Å². The van der Waals surface area contributed by atoms with Crippen LogP contribution in [-0.4, -0.2) is 43.5 Å². The molecule has 0 radical (unpaired) electrons. The highest BCUT2D eigenvalue weighted by Gasteiger charge is 2.41. The Morgan fingerprint density at radius 1 is 1.22 bits per heavy atom. The van der Waals surface area contributed by atoms with Crippen LogP contribution in [0.25, 0.3) is 16.8 Å². The highest BCUT2D eigenvalue weighted by molar-refractivity contribution is 5.71. The SMILES string of the molecule is C=C(c1ccc(-c2ccc3c(c2)OCC3)cc1)N1CC(CCC=O)(NC)C1. The zero-order valence-electron chi connectivity index (χ0n) is 15.8. The van der Waals surface area contributed by atoms with Crippen LogP contribution in [0.4, 0.5) is 0 Å². The molecule has 1 N–H and O–H groups in total. The van der Waals surface area contributed by atoms with E-state index in [1.165, 1.54) is 16.7 Å². The van der Waals surface area contributed by atoms with E-state index >= 15 is 0 Å². The van der Waals surface area contributed by atoms with E-state index in [2.05, 4.69) is 59.3 Å². The predicted octanol–water partition coefficient (Wildman–Crippen LogP) is 3.51. The quantitative estimate of drug-likeness (QED) is 0.766. The monoisotopic (exact) mass is 362 g/mol. The molecule has 2 aliphatic rings. The molecule has 0 amide bonds. The highest BCUT2D eigenvalue weighted by Crippen LogP contribution is 2.34. The van der Waals surface area contributed by atoms with E-state index in [9.17, 15) is 4.79 Å². The fourth-order valence-electron chi connectivity index (χ4n) is 4.04. The lowest BCUT2D eigenvalue weighted by Crippen LogP contribution is -2.67. The van der Waals surface area contributed by atoms with Gasteiger partial charge in [0.15, 0.2) is 0 Å². The number of likely N-dealkylation sites (N-methyl/N-ethyl adjacent to an activating group) is 1. The summed E-state index contributed by atoms with van der Waals surface area (Å²) < 4.78 is 5.69. The number of hydrogen-bond donors (Lipinski definition) is 1. The predicted molar refractivity (Wildman–Crippen MR) is 109 cm³/mol. The zero-order valence-corrected chi connectivity index (χ0v) is 15.8. The Morgan fingerprint density at radius 3 is 2.67 bits per heavy atom. The molecule has 0 atom stereocenters. The summed E-state index contributed by atoms with van der Waals surface area (Å²) in [4.78, 5) is 13.0. The minimum absolute atomic E-state index is 0.0359. The summed E-state index contributed by atoms with van der Waals surface area (Å²) >= 11 is 0. The van der Waals surface area contributed by atoms with Crippen molar-refractivity contribution in [1.29, 1.82) is 0 Å². The fraction of sp³-hybridized carbons (Fsp3) is 0.348. The maximum Gasteiger partial charge on any atom is 0.123 e. The highest BCUT2D eigenvalue weighted by atomic mass is 16.5. The van der Waals surface area contributed by atoms with E-state index in [4.69, 9.17) is 4.74 Å². The minimum Gasteiger partial charge on any atom is -0.493 e. The molecule has 2 aromatic carbocycles. The summed E-state index contributed by atoms with van der Waals surface area (Å²) in [6.45, 7) is 6.85. The van der Waals surface area contributed by atoms with Gasteiger partial charge >= 0.3 is 0 Å². The lowest BCUT2D eigenvalue weighted by molar-refractivity contribution is -0.108. The number of carbonyl (C=O) groups excluding carboxylic acids is 1. The number of ether oxygens (including phenoxy) is 1. The topological polar surface area (TPSA) is 41.6 Å². The molecule has 0 bridgehead atoms. The zero-order chi connectivity index (χ0) is 18.9. The van der Waals surface area contributed by atoms with Crippen molar-refractivity contribution < 1.29 is 9.53 Å². The average molecular weight is 362 g/mol. The Balaban J connectivity index is 1.44. The van der Waals surface area contributed by atoms with Crippen molar-refractivity contribution in [2.45, 2.75) is 24.8 Å². The summed E-state index contributed by atoms with van der Waals surface area (Å²) in [6, 6.07) is 15.0. The first-order valence-electron chi connectivity index (χ1n) is 9.57. The van der Waals surface area contributed by atoms with Crippen LogP contribution < -0.4 is 10.1 Å². The maximum absolute atomic E-state index is 10.7. The number of aldehydes is 1. The fourth-order valence-corrected chi connectivity index (χ4v) is 4.04. The van der Waals surface area contributed by atoms with Crippen LogP contribution in [0.2, 0.25) is 0 Å². The molecule has 4 heteroatoms. The molecule has 0 aliphatic carbocycles. The largest absolute Gasteiger partial charge is 0.493 e. The molecule has 2 heterocycles. The van der Waals surface area contributed by atoms with Gasteiger partial charge in [0.05, 0.1) is 12.1 Å². The van der Waals surface area contributed by atoms with Crippen molar-refractivity contribution in [3.63, 3.8) is 0 Å². The molecule has 1 saturated heterocycles. The standard InChI is InChI=1S/C23H26N2O2/c1-17(25-15-23(16-25,24-2)11-3-12-26)18-4-6-19(7-5-18)21-9-8-20-10-13-27-22(20)14-21/h4-9,12,14,24H,1,3,10-11,13,15-16H2,2H3. The number of carbonyl (C=O) groups is 1. The van der Waals surface area contributed by atoms with Crippen molar-refractivity contribution in [3.8, 4) is 16.9 Å². The number of nitrogens with one attached hydrogen (secondary N) is 1. The Kier molecular flexibility index (Phi) is 4.75. The first kappa shape index (κ1) is 17.8. The molecule has 0 aromatic heterocycles. The molecule has 0 spiro atoms. The van der Waals surface area contributed by atoms with E-state index in [1.54, 1.807) is 0 Å². The first-order chi connectivity index (χ1) is 13.1. The molecule has 2 aliphatic heterocycles. The molecule has 4 rings (SSSR count). The van der Waals surface area contributed by atoms with Gasteiger partial charge in [0.25, 0.3) is 0 Å². The van der Waals surface area contributed by atoms with Crippen LogP contribution in [0.15, 0.2) is 49.0 Å². The second-order valence-corrected chi connectivity index (χ2v) is 7.54. The summed E-state index contributed by atoms with van der Waals surface area (Å²) in [5.74, 6) is 1.01. The molecule has 1 fully saturated rings. The van der Waals surface area contributed by atoms with Gasteiger partial charge in [-0.1, -0.05) is 43.0 Å². The number of likely N-dealkylation sites (tertiary alicyclic amines) is 1. The molecule has 2 aromatic rings. The third-order valence-corrected chi connectivity index (χ3v) is 5.89. The summed E-state index contributed by atoms with van der Waals surface area (Å²) in [5.41, 5.74) is 5.87. The van der Waals surface area contributed by atoms with Crippen molar-refractivity contribution in [2.75, 3.05) is 26.7 Å². The molecular weight excluding hydrogens is 336 g/mol. The third kappa shape index (κ3) is 3.37. The Labute approximate surface area is 160 Å². The van der Waals surface area contributed by atoms with Crippen LogP contribution in [0.3, 0.4) is 0 Å². The minimum atomic E-state index is 0.0359. The maximum atomic E-state index is 10.7. The summed E-state index contributed by atoms with van der Waals surface area (Å²) in [5, 5.41) is 3.38. The lowest BCUT2D eigenvalue weighted by Gasteiger charge is -2.52. The Bertz CT molecular complexity index is 851. The van der Waals surface area contributed by atoms with E-state index in [0.29, 0.717) is 6.42 Å². The van der Waals surface area contributed by atoms with Gasteiger partial charge in [-0.15, -0.1) is 0 Å². The smallest absolute Gasteiger partial charge is 0.123 e. The van der Waals surface area contributed by atoms with Crippen molar-refractivity contribution in [1.82, 2.24) is 10.2 Å². The molecule has 0 unspecified atom stereocenters. The van der Waals surface area contributed by atoms with Gasteiger partial charge < -0.3 is 19.7 Å². The normalized spacial score (nSPS) is 17.0. The summed E-state index contributed by atoms with van der Waals surface area (Å²) in [6.07, 6.45) is 3.47. The van der Waals surface area contributed by atoms with Crippen LogP contribution in [0.1, 0.15) is 24.0 Å². The number of rotatable bonds is 7. The van der Waals surface area contributed by atoms with Gasteiger partial charge in [-0.3, -0.25) is 0 Å². The Hall–Kier alpha value is -2.59. The first-order valence-corrected chi connectivity index (χ1v) is 9.57. The van der Waals surface area contributed by atoms with Gasteiger partial charge in [0, 0.05) is 31.6 Å². The van der Waals surface area contributed by atoms with Gasteiger partial charge in [-0.05, 0) is 41.8 Å². The number of nitrogens with zero attached hydrogens (tertiary/aromatic N) is 1. The summed E-state index contributed by atoms with van der Waals surface area (Å²) in [7, 11) is 1.97. The molecule has 27 heavy (non-hydrogen) atoms. The number of hydrogen-bond acceptors (Lipinski definition) is 4. The van der Waals surface area contributed by atoms with Gasteiger partial charge in [-0.25, -0.2) is 0 Å². The van der Waals surface area contributed by atoms with E-state index in [-0.39, 0.29) is 5.54 Å². The second-order valence-electron chi connectivity index (χ2n) is 7.54. The van der Waals surface area contributed by atoms with Gasteiger partial charge in [0.2, 0.25) is 0 Å². The number of fused-ring (bicyclic) bond motifs is 1. The number of benzene rings is 2. The van der Waals surface area contributed by atoms with Crippen molar-refractivity contribution >= 4 is 12.0 Å². The molecule has 140 valence electrons. The van der Waals surface area contributed by atoms with Crippen LogP contribution in [0, 0.1) is 0 Å².